The summed E-state index contributed by atoms with van der Waals surface area (Å²) in [6.07, 6.45) is 3.46. The van der Waals surface area contributed by atoms with Gasteiger partial charge in [-0.05, 0) is 67.3 Å². The lowest BCUT2D eigenvalue weighted by Gasteiger charge is -2.25. The molecule has 0 bridgehead atoms. The van der Waals surface area contributed by atoms with Crippen molar-refractivity contribution in [1.29, 1.82) is 0 Å². The van der Waals surface area contributed by atoms with Gasteiger partial charge in [0.05, 0.1) is 26.5 Å². The third-order valence-corrected chi connectivity index (χ3v) is 8.37. The van der Waals surface area contributed by atoms with Crippen molar-refractivity contribution in [3.05, 3.63) is 70.6 Å². The molecule has 0 radical (unpaired) electrons. The molecular formula is C27H27ClF3N3O2S. The van der Waals surface area contributed by atoms with Gasteiger partial charge in [-0.3, -0.25) is 4.31 Å². The van der Waals surface area contributed by atoms with Gasteiger partial charge < -0.3 is 14.4 Å². The van der Waals surface area contributed by atoms with Crippen molar-refractivity contribution in [2.45, 2.75) is 30.7 Å². The molecule has 37 heavy (non-hydrogen) atoms. The van der Waals surface area contributed by atoms with E-state index in [2.05, 4.69) is 4.98 Å². The second kappa shape index (κ2) is 10.9. The van der Waals surface area contributed by atoms with Crippen LogP contribution in [-0.2, 0) is 6.54 Å². The monoisotopic (exact) mass is 549 g/mol. The minimum Gasteiger partial charge on any atom is -0.497 e. The molecule has 1 unspecified atom stereocenters. The lowest BCUT2D eigenvalue weighted by molar-refractivity contribution is 0.391. The molecule has 10 heteroatoms. The Balaban J connectivity index is 1.46. The van der Waals surface area contributed by atoms with E-state index in [4.69, 9.17) is 21.1 Å². The summed E-state index contributed by atoms with van der Waals surface area (Å²) in [6.45, 7) is 1.59. The van der Waals surface area contributed by atoms with Gasteiger partial charge in [-0.25, -0.2) is 13.8 Å². The normalized spacial score (nSPS) is 17.2. The molecule has 0 spiro atoms. The number of hydrogen-bond donors (Lipinski definition) is 0. The zero-order chi connectivity index (χ0) is 26.1. The van der Waals surface area contributed by atoms with Crippen LogP contribution in [0.3, 0.4) is 0 Å². The van der Waals surface area contributed by atoms with E-state index >= 15 is 8.78 Å². The first-order valence-corrected chi connectivity index (χ1v) is 13.2. The maximum absolute atomic E-state index is 15.6. The SMILES string of the molecule is COc1ccc(CN(Sc2c(F)cc(N3CCC(C4CC4)C3)c(Cl)c2F)c2cccc(F)n2)c(OC)c1. The molecule has 1 saturated heterocycles. The highest BCUT2D eigenvalue weighted by atomic mass is 35.5. The van der Waals surface area contributed by atoms with E-state index in [1.165, 1.54) is 42.5 Å². The van der Waals surface area contributed by atoms with Gasteiger partial charge in [-0.15, -0.1) is 0 Å². The van der Waals surface area contributed by atoms with E-state index in [0.717, 1.165) is 37.4 Å². The third-order valence-electron chi connectivity index (χ3n) is 6.92. The molecule has 2 aromatic carbocycles. The molecule has 1 aliphatic carbocycles. The van der Waals surface area contributed by atoms with Crippen molar-refractivity contribution in [1.82, 2.24) is 4.98 Å². The molecule has 3 aromatic rings. The van der Waals surface area contributed by atoms with Crippen LogP contribution in [0.5, 0.6) is 11.5 Å². The summed E-state index contributed by atoms with van der Waals surface area (Å²) in [6, 6.07) is 10.8. The van der Waals surface area contributed by atoms with E-state index < -0.39 is 17.6 Å². The van der Waals surface area contributed by atoms with E-state index in [1.54, 1.807) is 31.4 Å². The molecule has 2 aliphatic rings. The molecule has 196 valence electrons. The summed E-state index contributed by atoms with van der Waals surface area (Å²) in [5.41, 5.74) is 1.06. The van der Waals surface area contributed by atoms with Crippen LogP contribution in [0, 0.1) is 29.4 Å². The molecule has 5 rings (SSSR count). The number of rotatable bonds is 9. The lowest BCUT2D eigenvalue weighted by Crippen LogP contribution is -2.21. The fraction of sp³-hybridized carbons (Fsp3) is 0.370. The van der Waals surface area contributed by atoms with Crippen molar-refractivity contribution < 1.29 is 22.6 Å². The Bertz CT molecular complexity index is 1290. The summed E-state index contributed by atoms with van der Waals surface area (Å²) in [5.74, 6) is 0.260. The van der Waals surface area contributed by atoms with E-state index in [9.17, 15) is 4.39 Å². The number of nitrogens with zero attached hydrogens (tertiary/aromatic N) is 3. The summed E-state index contributed by atoms with van der Waals surface area (Å²) in [5, 5.41) is -0.116. The fourth-order valence-corrected chi connectivity index (χ4v) is 6.05. The lowest BCUT2D eigenvalue weighted by atomic mass is 10.0. The van der Waals surface area contributed by atoms with Crippen LogP contribution in [0.2, 0.25) is 5.02 Å². The van der Waals surface area contributed by atoms with Gasteiger partial charge in [0.1, 0.15) is 33.1 Å². The molecule has 1 aliphatic heterocycles. The number of methoxy groups -OCH3 is 2. The molecule has 2 fully saturated rings. The number of hydrogen-bond acceptors (Lipinski definition) is 6. The predicted molar refractivity (Wildman–Crippen MR) is 140 cm³/mol. The van der Waals surface area contributed by atoms with Gasteiger partial charge in [-0.2, -0.15) is 4.39 Å². The highest BCUT2D eigenvalue weighted by Gasteiger charge is 2.37. The number of benzene rings is 2. The van der Waals surface area contributed by atoms with Gasteiger partial charge in [0.2, 0.25) is 5.95 Å². The number of halogens is 4. The largest absolute Gasteiger partial charge is 0.497 e. The molecule has 1 atom stereocenters. The smallest absolute Gasteiger partial charge is 0.214 e. The molecule has 2 heterocycles. The molecular weight excluding hydrogens is 523 g/mol. The van der Waals surface area contributed by atoms with Crippen molar-refractivity contribution in [2.24, 2.45) is 11.8 Å². The highest BCUT2D eigenvalue weighted by Crippen LogP contribution is 2.45. The number of anilines is 2. The van der Waals surface area contributed by atoms with Crippen molar-refractivity contribution in [2.75, 3.05) is 36.5 Å². The van der Waals surface area contributed by atoms with Crippen LogP contribution in [-0.4, -0.2) is 32.3 Å². The van der Waals surface area contributed by atoms with Crippen molar-refractivity contribution in [3.8, 4) is 11.5 Å². The maximum atomic E-state index is 15.6. The van der Waals surface area contributed by atoms with E-state index in [1.807, 2.05) is 4.90 Å². The Hall–Kier alpha value is -2.78. The summed E-state index contributed by atoms with van der Waals surface area (Å²) >= 11 is 7.24. The average Bonchev–Trinajstić information content (AvgIpc) is 3.64. The molecule has 0 N–H and O–H groups in total. The van der Waals surface area contributed by atoms with Crippen LogP contribution in [0.25, 0.3) is 0 Å². The van der Waals surface area contributed by atoms with Crippen LogP contribution in [0.15, 0.2) is 47.4 Å². The Morgan fingerprint density at radius 3 is 2.57 bits per heavy atom. The topological polar surface area (TPSA) is 37.8 Å². The van der Waals surface area contributed by atoms with Crippen LogP contribution in [0.1, 0.15) is 24.8 Å². The first-order valence-electron chi connectivity index (χ1n) is 12.1. The zero-order valence-corrected chi connectivity index (χ0v) is 22.1. The van der Waals surface area contributed by atoms with Crippen molar-refractivity contribution >= 4 is 35.1 Å². The Labute approximate surface area is 223 Å². The summed E-state index contributed by atoms with van der Waals surface area (Å²) < 4.78 is 57.3. The Kier molecular flexibility index (Phi) is 7.62. The molecule has 1 saturated carbocycles. The first-order chi connectivity index (χ1) is 17.9. The fourth-order valence-electron chi connectivity index (χ4n) is 4.78. The van der Waals surface area contributed by atoms with E-state index in [0.29, 0.717) is 28.7 Å². The number of pyridine rings is 1. The van der Waals surface area contributed by atoms with Gasteiger partial charge in [0, 0.05) is 30.8 Å². The van der Waals surface area contributed by atoms with Crippen molar-refractivity contribution in [3.63, 3.8) is 0 Å². The Morgan fingerprint density at radius 1 is 1.05 bits per heavy atom. The van der Waals surface area contributed by atoms with Gasteiger partial charge >= 0.3 is 0 Å². The first kappa shape index (κ1) is 25.9. The standard InChI is InChI=1S/C27H27ClF3N3O2S/c1-35-19-9-8-18(22(12-19)36-2)15-34(24-5-3-4-23(30)32-24)37-27-20(29)13-21(25(28)26(27)31)33-11-10-17(14-33)16-6-7-16/h3-5,8-9,12-13,16-17H,6-7,10-11,14-15H2,1-2H3. The number of aromatic nitrogens is 1. The van der Waals surface area contributed by atoms with Gasteiger partial charge in [0.25, 0.3) is 0 Å². The molecule has 1 aromatic heterocycles. The third kappa shape index (κ3) is 5.57. The second-order valence-corrected chi connectivity index (χ2v) is 10.7. The van der Waals surface area contributed by atoms with Crippen LogP contribution in [0.4, 0.5) is 24.7 Å². The quantitative estimate of drug-likeness (QED) is 0.161. The van der Waals surface area contributed by atoms with Gasteiger partial charge in [0.15, 0.2) is 5.82 Å². The minimum atomic E-state index is -0.848. The van der Waals surface area contributed by atoms with Crippen LogP contribution >= 0.6 is 23.5 Å². The molecule has 0 amide bonds. The second-order valence-electron chi connectivity index (χ2n) is 9.29. The predicted octanol–water partition coefficient (Wildman–Crippen LogP) is 7.12. The summed E-state index contributed by atoms with van der Waals surface area (Å²) in [7, 11) is 3.06. The number of ether oxygens (including phenoxy) is 2. The minimum absolute atomic E-state index is 0.113. The highest BCUT2D eigenvalue weighted by molar-refractivity contribution is 8.00. The van der Waals surface area contributed by atoms with E-state index in [-0.39, 0.29) is 22.3 Å². The zero-order valence-electron chi connectivity index (χ0n) is 20.5. The average molecular weight is 550 g/mol. The van der Waals surface area contributed by atoms with Gasteiger partial charge in [-0.1, -0.05) is 17.7 Å². The molecule has 5 nitrogen and oxygen atoms in total. The maximum Gasteiger partial charge on any atom is 0.214 e. The van der Waals surface area contributed by atoms with Crippen LogP contribution < -0.4 is 18.7 Å². The Morgan fingerprint density at radius 2 is 1.86 bits per heavy atom. The summed E-state index contributed by atoms with van der Waals surface area (Å²) in [4.78, 5) is 5.62.